The van der Waals surface area contributed by atoms with Gasteiger partial charge in [-0.1, -0.05) is 32.6 Å². The highest BCUT2D eigenvalue weighted by Crippen LogP contribution is 2.28. The summed E-state index contributed by atoms with van der Waals surface area (Å²) in [5, 5.41) is 17.8. The van der Waals surface area contributed by atoms with Crippen LogP contribution in [-0.2, 0) is 9.59 Å². The molecule has 0 aliphatic carbocycles. The summed E-state index contributed by atoms with van der Waals surface area (Å²) in [6.45, 7) is 2.40. The van der Waals surface area contributed by atoms with Gasteiger partial charge in [-0.3, -0.25) is 24.4 Å². The number of benzene rings is 1. The summed E-state index contributed by atoms with van der Waals surface area (Å²) >= 11 is 0. The Labute approximate surface area is 221 Å². The fraction of sp³-hybridized carbons (Fsp3) is 0.462. The second-order valence-electron chi connectivity index (χ2n) is 8.66. The molecular formula is C26H37N5O7. The molecule has 0 spiro atoms. The maximum Gasteiger partial charge on any atom is 0.288 e. The second kappa shape index (κ2) is 16.0. The van der Waals surface area contributed by atoms with E-state index in [0.717, 1.165) is 25.7 Å². The van der Waals surface area contributed by atoms with E-state index in [1.54, 1.807) is 24.3 Å². The van der Waals surface area contributed by atoms with Crippen molar-refractivity contribution in [3.63, 3.8) is 0 Å². The van der Waals surface area contributed by atoms with Gasteiger partial charge >= 0.3 is 0 Å². The first kappa shape index (κ1) is 30.3. The van der Waals surface area contributed by atoms with Crippen molar-refractivity contribution in [2.24, 2.45) is 11.7 Å². The standard InChI is InChI=1S/C26H37N5O7/c1-3-4-5-6-7-18(15-31(36)17-32)24(33)29-16-30-26(35)23-9-8-22(38-23)19-12-20(14-21(13-19)37-2)25(34)28-11-10-27/h8-9,12-14,17-18,36H,3-7,10-11,15-16,27H2,1-2H3,(H,28,34)(H,29,33)(H,30,35)/t18-/m1/s1. The zero-order chi connectivity index (χ0) is 27.9. The van der Waals surface area contributed by atoms with Gasteiger partial charge in [0, 0.05) is 24.2 Å². The Balaban J connectivity index is 2.00. The van der Waals surface area contributed by atoms with Gasteiger partial charge in [0.15, 0.2) is 5.76 Å². The molecule has 0 aliphatic rings. The Bertz CT molecular complexity index is 1070. The number of methoxy groups -OCH3 is 1. The van der Waals surface area contributed by atoms with E-state index < -0.39 is 11.8 Å². The number of furan rings is 1. The summed E-state index contributed by atoms with van der Waals surface area (Å²) in [4.78, 5) is 48.3. The lowest BCUT2D eigenvalue weighted by Crippen LogP contribution is -2.42. The van der Waals surface area contributed by atoms with E-state index in [1.807, 2.05) is 0 Å². The van der Waals surface area contributed by atoms with E-state index in [1.165, 1.54) is 13.2 Å². The number of nitrogens with two attached hydrogens (primary N) is 1. The quantitative estimate of drug-likeness (QED) is 0.0675. The van der Waals surface area contributed by atoms with Gasteiger partial charge in [-0.25, -0.2) is 5.06 Å². The monoisotopic (exact) mass is 531 g/mol. The van der Waals surface area contributed by atoms with E-state index in [4.69, 9.17) is 14.9 Å². The van der Waals surface area contributed by atoms with Crippen LogP contribution in [0.5, 0.6) is 5.75 Å². The molecule has 0 unspecified atom stereocenters. The Morgan fingerprint density at radius 2 is 1.89 bits per heavy atom. The van der Waals surface area contributed by atoms with Crippen molar-refractivity contribution >= 4 is 24.1 Å². The number of hydrogen-bond donors (Lipinski definition) is 5. The van der Waals surface area contributed by atoms with Crippen molar-refractivity contribution < 1.29 is 33.5 Å². The SMILES string of the molecule is CCCCCC[C@H](CN(O)C=O)C(=O)NCNC(=O)c1ccc(-c2cc(OC)cc(C(=O)NCCN)c2)o1. The predicted octanol–water partition coefficient (Wildman–Crippen LogP) is 1.88. The molecule has 0 fully saturated rings. The molecule has 4 amide bonds. The minimum atomic E-state index is -0.613. The third-order valence-electron chi connectivity index (χ3n) is 5.77. The number of rotatable bonds is 17. The molecule has 2 aromatic rings. The lowest BCUT2D eigenvalue weighted by atomic mass is 9.99. The Morgan fingerprint density at radius 3 is 2.58 bits per heavy atom. The number of amides is 4. The van der Waals surface area contributed by atoms with Crippen LogP contribution in [0.4, 0.5) is 0 Å². The number of hydroxylamine groups is 2. The molecule has 38 heavy (non-hydrogen) atoms. The lowest BCUT2D eigenvalue weighted by Gasteiger charge is -2.19. The Hall–Kier alpha value is -3.90. The summed E-state index contributed by atoms with van der Waals surface area (Å²) in [6.07, 6.45) is 4.54. The highest BCUT2D eigenvalue weighted by molar-refractivity contribution is 5.96. The van der Waals surface area contributed by atoms with Crippen molar-refractivity contribution in [2.75, 3.05) is 33.4 Å². The van der Waals surface area contributed by atoms with Gasteiger partial charge in [-0.2, -0.15) is 0 Å². The second-order valence-corrected chi connectivity index (χ2v) is 8.66. The molecule has 12 nitrogen and oxygen atoms in total. The van der Waals surface area contributed by atoms with E-state index in [0.29, 0.717) is 47.2 Å². The van der Waals surface area contributed by atoms with Crippen LogP contribution in [0.15, 0.2) is 34.7 Å². The first-order chi connectivity index (χ1) is 18.3. The Kier molecular flexibility index (Phi) is 12.8. The topological polar surface area (TPSA) is 176 Å². The lowest BCUT2D eigenvalue weighted by molar-refractivity contribution is -0.154. The van der Waals surface area contributed by atoms with Gasteiger partial charge in [0.25, 0.3) is 11.8 Å². The molecule has 0 saturated heterocycles. The third kappa shape index (κ3) is 9.52. The number of carbonyl (C=O) groups is 4. The van der Waals surface area contributed by atoms with Crippen LogP contribution in [0.3, 0.4) is 0 Å². The molecule has 1 aromatic carbocycles. The zero-order valence-electron chi connectivity index (χ0n) is 21.8. The summed E-state index contributed by atoms with van der Waals surface area (Å²) < 4.78 is 11.0. The number of hydrogen-bond acceptors (Lipinski definition) is 8. The minimum absolute atomic E-state index is 0.00445. The van der Waals surface area contributed by atoms with Crippen LogP contribution >= 0.6 is 0 Å². The van der Waals surface area contributed by atoms with Crippen LogP contribution in [0, 0.1) is 5.92 Å². The van der Waals surface area contributed by atoms with Crippen LogP contribution in [0.25, 0.3) is 11.3 Å². The van der Waals surface area contributed by atoms with Crippen LogP contribution in [0.2, 0.25) is 0 Å². The average molecular weight is 532 g/mol. The van der Waals surface area contributed by atoms with E-state index in [-0.39, 0.29) is 37.2 Å². The number of carbonyl (C=O) groups excluding carboxylic acids is 4. The summed E-state index contributed by atoms with van der Waals surface area (Å²) in [5.41, 5.74) is 6.32. The van der Waals surface area contributed by atoms with Crippen LogP contribution in [-0.4, -0.2) is 67.8 Å². The summed E-state index contributed by atoms with van der Waals surface area (Å²) in [5.74, 6) is -1.10. The molecule has 6 N–H and O–H groups in total. The molecule has 0 radical (unpaired) electrons. The molecule has 0 aliphatic heterocycles. The maximum atomic E-state index is 12.6. The van der Waals surface area contributed by atoms with Gasteiger partial charge in [-0.15, -0.1) is 0 Å². The molecule has 2 rings (SSSR count). The molecule has 1 heterocycles. The van der Waals surface area contributed by atoms with E-state index in [2.05, 4.69) is 22.9 Å². The van der Waals surface area contributed by atoms with Gasteiger partial charge < -0.3 is 30.8 Å². The molecule has 0 saturated carbocycles. The fourth-order valence-electron chi connectivity index (χ4n) is 3.73. The van der Waals surface area contributed by atoms with Crippen molar-refractivity contribution in [3.8, 4) is 17.1 Å². The van der Waals surface area contributed by atoms with Crippen LogP contribution < -0.4 is 26.4 Å². The highest BCUT2D eigenvalue weighted by Gasteiger charge is 2.21. The van der Waals surface area contributed by atoms with E-state index in [9.17, 15) is 24.4 Å². The summed E-state index contributed by atoms with van der Waals surface area (Å²) in [7, 11) is 1.47. The Morgan fingerprint density at radius 1 is 1.11 bits per heavy atom. The predicted molar refractivity (Wildman–Crippen MR) is 139 cm³/mol. The van der Waals surface area contributed by atoms with Crippen molar-refractivity contribution in [1.29, 1.82) is 0 Å². The minimum Gasteiger partial charge on any atom is -0.497 e. The fourth-order valence-corrected chi connectivity index (χ4v) is 3.73. The molecule has 208 valence electrons. The van der Waals surface area contributed by atoms with Gasteiger partial charge in [0.05, 0.1) is 26.2 Å². The van der Waals surface area contributed by atoms with Crippen molar-refractivity contribution in [1.82, 2.24) is 21.0 Å². The molecule has 1 aromatic heterocycles. The van der Waals surface area contributed by atoms with Crippen molar-refractivity contribution in [3.05, 3.63) is 41.7 Å². The molecular weight excluding hydrogens is 494 g/mol. The van der Waals surface area contributed by atoms with E-state index >= 15 is 0 Å². The average Bonchev–Trinajstić information content (AvgIpc) is 3.43. The first-order valence-electron chi connectivity index (χ1n) is 12.6. The molecule has 1 atom stereocenters. The normalized spacial score (nSPS) is 11.4. The third-order valence-corrected chi connectivity index (χ3v) is 5.77. The zero-order valence-corrected chi connectivity index (χ0v) is 21.8. The van der Waals surface area contributed by atoms with Crippen molar-refractivity contribution in [2.45, 2.75) is 39.0 Å². The highest BCUT2D eigenvalue weighted by atomic mass is 16.5. The number of nitrogens with zero attached hydrogens (tertiary/aromatic N) is 1. The smallest absolute Gasteiger partial charge is 0.288 e. The van der Waals surface area contributed by atoms with Gasteiger partial charge in [0.2, 0.25) is 12.3 Å². The molecule has 12 heteroatoms. The number of nitrogens with one attached hydrogen (secondary N) is 3. The summed E-state index contributed by atoms with van der Waals surface area (Å²) in [6, 6.07) is 7.93. The van der Waals surface area contributed by atoms with Gasteiger partial charge in [-0.05, 0) is 36.8 Å². The largest absolute Gasteiger partial charge is 0.497 e. The molecule has 0 bridgehead atoms. The number of ether oxygens (including phenoxy) is 1. The maximum absolute atomic E-state index is 12.6. The van der Waals surface area contributed by atoms with Gasteiger partial charge in [0.1, 0.15) is 11.5 Å². The van der Waals surface area contributed by atoms with Crippen LogP contribution in [0.1, 0.15) is 59.9 Å². The first-order valence-corrected chi connectivity index (χ1v) is 12.6. The number of unbranched alkanes of at least 4 members (excludes halogenated alkanes) is 3.